The number of aryl methyl sites for hydroxylation is 2. The lowest BCUT2D eigenvalue weighted by Crippen LogP contribution is -1.94. The summed E-state index contributed by atoms with van der Waals surface area (Å²) in [6.07, 6.45) is 3.42. The van der Waals surface area contributed by atoms with Gasteiger partial charge in [0.05, 0.1) is 0 Å². The average molecular weight is 295 g/mol. The van der Waals surface area contributed by atoms with Crippen molar-refractivity contribution in [3.8, 4) is 11.1 Å². The molecule has 0 saturated carbocycles. The maximum absolute atomic E-state index is 12.9. The molecule has 0 aliphatic carbocycles. The largest absolute Gasteiger partial charge is 0.261 e. The third kappa shape index (κ3) is 3.55. The molecule has 0 amide bonds. The van der Waals surface area contributed by atoms with E-state index in [1.54, 1.807) is 30.5 Å². The standard InChI is InChI=1S/C19H15F2N/c20-17-7-1-14(2-8-17)3-11-19-12-6-16(13-22-19)15-4-9-18(21)10-5-15/h1-2,4-10,12-13H,3,11H2. The zero-order valence-corrected chi connectivity index (χ0v) is 12.0. The van der Waals surface area contributed by atoms with Crippen LogP contribution in [0.15, 0.2) is 66.9 Å². The minimum absolute atomic E-state index is 0.217. The van der Waals surface area contributed by atoms with Crippen molar-refractivity contribution in [3.63, 3.8) is 0 Å². The van der Waals surface area contributed by atoms with E-state index < -0.39 is 0 Å². The molecule has 0 fully saturated rings. The van der Waals surface area contributed by atoms with E-state index in [-0.39, 0.29) is 11.6 Å². The molecule has 1 nitrogen and oxygen atoms in total. The van der Waals surface area contributed by atoms with Crippen LogP contribution in [0.1, 0.15) is 11.3 Å². The summed E-state index contributed by atoms with van der Waals surface area (Å²) in [6.45, 7) is 0. The molecule has 3 heteroatoms. The van der Waals surface area contributed by atoms with Crippen molar-refractivity contribution < 1.29 is 8.78 Å². The first-order chi connectivity index (χ1) is 10.7. The topological polar surface area (TPSA) is 12.9 Å². The second-order valence-electron chi connectivity index (χ2n) is 5.17. The van der Waals surface area contributed by atoms with Gasteiger partial charge < -0.3 is 0 Å². The van der Waals surface area contributed by atoms with Crippen molar-refractivity contribution in [3.05, 3.63) is 89.8 Å². The highest BCUT2D eigenvalue weighted by Gasteiger charge is 2.01. The molecule has 0 aliphatic rings. The number of hydrogen-bond donors (Lipinski definition) is 0. The quantitative estimate of drug-likeness (QED) is 0.673. The zero-order valence-electron chi connectivity index (χ0n) is 12.0. The van der Waals surface area contributed by atoms with Crippen LogP contribution in [-0.4, -0.2) is 4.98 Å². The van der Waals surface area contributed by atoms with Crippen molar-refractivity contribution in [2.75, 3.05) is 0 Å². The fourth-order valence-corrected chi connectivity index (χ4v) is 2.31. The van der Waals surface area contributed by atoms with Crippen molar-refractivity contribution in [2.24, 2.45) is 0 Å². The van der Waals surface area contributed by atoms with E-state index in [1.165, 1.54) is 24.3 Å². The minimum atomic E-state index is -0.243. The molecule has 0 atom stereocenters. The van der Waals surface area contributed by atoms with Crippen molar-refractivity contribution in [1.82, 2.24) is 4.98 Å². The fraction of sp³-hybridized carbons (Fsp3) is 0.105. The molecule has 110 valence electrons. The van der Waals surface area contributed by atoms with E-state index in [9.17, 15) is 8.78 Å². The van der Waals surface area contributed by atoms with E-state index in [0.29, 0.717) is 0 Å². The van der Waals surface area contributed by atoms with Gasteiger partial charge in [-0.3, -0.25) is 4.98 Å². The van der Waals surface area contributed by atoms with Gasteiger partial charge in [0.25, 0.3) is 0 Å². The van der Waals surface area contributed by atoms with E-state index >= 15 is 0 Å². The van der Waals surface area contributed by atoms with Gasteiger partial charge in [-0.15, -0.1) is 0 Å². The minimum Gasteiger partial charge on any atom is -0.261 e. The van der Waals surface area contributed by atoms with Gasteiger partial charge in [0.2, 0.25) is 0 Å². The lowest BCUT2D eigenvalue weighted by molar-refractivity contribution is 0.626. The van der Waals surface area contributed by atoms with Gasteiger partial charge >= 0.3 is 0 Å². The highest BCUT2D eigenvalue weighted by Crippen LogP contribution is 2.19. The van der Waals surface area contributed by atoms with Gasteiger partial charge in [-0.2, -0.15) is 0 Å². The Balaban J connectivity index is 1.66. The van der Waals surface area contributed by atoms with E-state index in [2.05, 4.69) is 4.98 Å². The Bertz CT molecular complexity index is 732. The molecule has 2 aromatic carbocycles. The van der Waals surface area contributed by atoms with Crippen molar-refractivity contribution in [2.45, 2.75) is 12.8 Å². The summed E-state index contributed by atoms with van der Waals surface area (Å²) in [6, 6.07) is 16.9. The molecule has 0 N–H and O–H groups in total. The van der Waals surface area contributed by atoms with Crippen LogP contribution in [0.3, 0.4) is 0 Å². The van der Waals surface area contributed by atoms with Gasteiger partial charge in [0.15, 0.2) is 0 Å². The highest BCUT2D eigenvalue weighted by atomic mass is 19.1. The lowest BCUT2D eigenvalue weighted by atomic mass is 10.1. The van der Waals surface area contributed by atoms with E-state index in [4.69, 9.17) is 0 Å². The predicted molar refractivity (Wildman–Crippen MR) is 83.4 cm³/mol. The Morgan fingerprint density at radius 3 is 1.82 bits per heavy atom. The first kappa shape index (κ1) is 14.4. The van der Waals surface area contributed by atoms with Gasteiger partial charge in [0, 0.05) is 17.5 Å². The Morgan fingerprint density at radius 1 is 0.636 bits per heavy atom. The van der Waals surface area contributed by atoms with Crippen LogP contribution in [0, 0.1) is 11.6 Å². The molecular weight excluding hydrogens is 280 g/mol. The fourth-order valence-electron chi connectivity index (χ4n) is 2.31. The second-order valence-corrected chi connectivity index (χ2v) is 5.17. The highest BCUT2D eigenvalue weighted by molar-refractivity contribution is 5.62. The molecule has 0 spiro atoms. The maximum Gasteiger partial charge on any atom is 0.123 e. The summed E-state index contributed by atoms with van der Waals surface area (Å²) in [5, 5.41) is 0. The molecule has 1 aromatic heterocycles. The normalized spacial score (nSPS) is 10.6. The molecule has 3 aromatic rings. The number of benzene rings is 2. The number of nitrogens with zero attached hydrogens (tertiary/aromatic N) is 1. The molecule has 3 rings (SSSR count). The number of pyridine rings is 1. The summed E-state index contributed by atoms with van der Waals surface area (Å²) in [5.41, 5.74) is 3.98. The van der Waals surface area contributed by atoms with Crippen LogP contribution in [0.5, 0.6) is 0 Å². The zero-order chi connectivity index (χ0) is 15.4. The van der Waals surface area contributed by atoms with Gasteiger partial charge in [-0.1, -0.05) is 30.3 Å². The van der Waals surface area contributed by atoms with E-state index in [0.717, 1.165) is 35.2 Å². The van der Waals surface area contributed by atoms with Gasteiger partial charge in [-0.25, -0.2) is 8.78 Å². The SMILES string of the molecule is Fc1ccc(CCc2ccc(-c3ccc(F)cc3)cn2)cc1. The summed E-state index contributed by atoms with van der Waals surface area (Å²) in [7, 11) is 0. The molecule has 22 heavy (non-hydrogen) atoms. The van der Waals surface area contributed by atoms with Crippen LogP contribution in [0.2, 0.25) is 0 Å². The lowest BCUT2D eigenvalue weighted by Gasteiger charge is -2.04. The number of hydrogen-bond acceptors (Lipinski definition) is 1. The Morgan fingerprint density at radius 2 is 1.23 bits per heavy atom. The van der Waals surface area contributed by atoms with Crippen LogP contribution in [0.25, 0.3) is 11.1 Å². The summed E-state index contributed by atoms with van der Waals surface area (Å²) < 4.78 is 25.8. The summed E-state index contributed by atoms with van der Waals surface area (Å²) >= 11 is 0. The Hall–Kier alpha value is -2.55. The Kier molecular flexibility index (Phi) is 4.24. The average Bonchev–Trinajstić information content (AvgIpc) is 2.56. The summed E-state index contributed by atoms with van der Waals surface area (Å²) in [5.74, 6) is -0.460. The van der Waals surface area contributed by atoms with Crippen LogP contribution < -0.4 is 0 Å². The molecule has 0 aliphatic heterocycles. The molecule has 0 saturated heterocycles. The van der Waals surface area contributed by atoms with Crippen molar-refractivity contribution >= 4 is 0 Å². The van der Waals surface area contributed by atoms with Crippen LogP contribution in [0.4, 0.5) is 8.78 Å². The number of aromatic nitrogens is 1. The van der Waals surface area contributed by atoms with Crippen molar-refractivity contribution in [1.29, 1.82) is 0 Å². The molecule has 0 bridgehead atoms. The molecule has 0 unspecified atom stereocenters. The molecular formula is C19H15F2N. The van der Waals surface area contributed by atoms with Gasteiger partial charge in [-0.05, 0) is 54.3 Å². The van der Waals surface area contributed by atoms with Crippen LogP contribution in [-0.2, 0) is 12.8 Å². The first-order valence-electron chi connectivity index (χ1n) is 7.16. The first-order valence-corrected chi connectivity index (χ1v) is 7.16. The number of rotatable bonds is 4. The third-order valence-electron chi connectivity index (χ3n) is 3.59. The molecule has 0 radical (unpaired) electrons. The molecule has 1 heterocycles. The predicted octanol–water partition coefficient (Wildman–Crippen LogP) is 4.81. The van der Waals surface area contributed by atoms with Gasteiger partial charge in [0.1, 0.15) is 11.6 Å². The smallest absolute Gasteiger partial charge is 0.123 e. The van der Waals surface area contributed by atoms with E-state index in [1.807, 2.05) is 12.1 Å². The third-order valence-corrected chi connectivity index (χ3v) is 3.59. The summed E-state index contributed by atoms with van der Waals surface area (Å²) in [4.78, 5) is 4.44. The second kappa shape index (κ2) is 6.48. The number of halogens is 2. The maximum atomic E-state index is 12.9. The monoisotopic (exact) mass is 295 g/mol. The Labute approximate surface area is 128 Å². The van der Waals surface area contributed by atoms with Crippen LogP contribution >= 0.6 is 0 Å².